The summed E-state index contributed by atoms with van der Waals surface area (Å²) >= 11 is 3.61. The maximum absolute atomic E-state index is 11.6. The number of halogens is 1. The van der Waals surface area contributed by atoms with Crippen molar-refractivity contribution < 1.29 is 14.3 Å². The van der Waals surface area contributed by atoms with Crippen LogP contribution in [-0.4, -0.2) is 32.1 Å². The van der Waals surface area contributed by atoms with E-state index in [0.717, 1.165) is 34.2 Å². The minimum atomic E-state index is -0.133. The Morgan fingerprint density at radius 2 is 1.83 bits per heavy atom. The highest BCUT2D eigenvalue weighted by atomic mass is 79.9. The molecule has 120 valence electrons. The van der Waals surface area contributed by atoms with Gasteiger partial charge in [-0.1, -0.05) is 34.1 Å². The van der Waals surface area contributed by atoms with Crippen molar-refractivity contribution in [3.05, 3.63) is 57.6 Å². The molecule has 0 bridgehead atoms. The number of hydrogen-bond acceptors (Lipinski definition) is 3. The van der Waals surface area contributed by atoms with Crippen LogP contribution in [-0.2, 0) is 11.2 Å². The van der Waals surface area contributed by atoms with Gasteiger partial charge < -0.3 is 14.4 Å². The molecule has 0 unspecified atom stereocenters. The van der Waals surface area contributed by atoms with Gasteiger partial charge >= 0.3 is 0 Å². The number of fused-ring (bicyclic) bond motifs is 1. The summed E-state index contributed by atoms with van der Waals surface area (Å²) in [5.41, 5.74) is 3.32. The lowest BCUT2D eigenvalue weighted by molar-refractivity contribution is -0.119. The lowest BCUT2D eigenvalue weighted by atomic mass is 9.88. The van der Waals surface area contributed by atoms with Gasteiger partial charge in [0.25, 0.3) is 0 Å². The Labute approximate surface area is 144 Å². The van der Waals surface area contributed by atoms with Gasteiger partial charge in [-0.15, -0.1) is 0 Å². The maximum atomic E-state index is 11.6. The first-order valence-electron chi connectivity index (χ1n) is 7.40. The standard InChI is InChI=1S/C18H18BrNO3/c1-22-16-9-12-7-8-20(11-21)18(14(12)10-17(16)23-2)13-5-3-4-6-15(13)19/h3-6,9-11,18H,7-8H2,1-2H3/t18-/m1/s1. The van der Waals surface area contributed by atoms with Gasteiger partial charge in [0.05, 0.1) is 20.3 Å². The highest BCUT2D eigenvalue weighted by Gasteiger charge is 2.30. The summed E-state index contributed by atoms with van der Waals surface area (Å²) in [5, 5.41) is 0. The molecule has 0 N–H and O–H groups in total. The Kier molecular flexibility index (Phi) is 4.57. The van der Waals surface area contributed by atoms with E-state index in [1.807, 2.05) is 41.3 Å². The smallest absolute Gasteiger partial charge is 0.210 e. The SMILES string of the molecule is COc1cc2c(cc1OC)[C@@H](c1ccccc1Br)N(C=O)CC2. The van der Waals surface area contributed by atoms with Crippen molar-refractivity contribution in [1.82, 2.24) is 4.90 Å². The highest BCUT2D eigenvalue weighted by Crippen LogP contribution is 2.42. The van der Waals surface area contributed by atoms with E-state index in [1.54, 1.807) is 14.2 Å². The van der Waals surface area contributed by atoms with Crippen molar-refractivity contribution >= 4 is 22.3 Å². The van der Waals surface area contributed by atoms with Crippen molar-refractivity contribution in [2.45, 2.75) is 12.5 Å². The van der Waals surface area contributed by atoms with Gasteiger partial charge in [-0.25, -0.2) is 0 Å². The lowest BCUT2D eigenvalue weighted by Gasteiger charge is -2.36. The predicted molar refractivity (Wildman–Crippen MR) is 92.0 cm³/mol. The Morgan fingerprint density at radius 3 is 2.48 bits per heavy atom. The van der Waals surface area contributed by atoms with Gasteiger partial charge in [0, 0.05) is 11.0 Å². The van der Waals surface area contributed by atoms with Crippen molar-refractivity contribution in [1.29, 1.82) is 0 Å². The molecule has 1 aliphatic rings. The van der Waals surface area contributed by atoms with Gasteiger partial charge in [0.15, 0.2) is 11.5 Å². The summed E-state index contributed by atoms with van der Waals surface area (Å²) in [4.78, 5) is 13.4. The van der Waals surface area contributed by atoms with E-state index >= 15 is 0 Å². The fourth-order valence-corrected chi connectivity index (χ4v) is 3.62. The summed E-state index contributed by atoms with van der Waals surface area (Å²) in [6.45, 7) is 0.679. The molecule has 1 heterocycles. The van der Waals surface area contributed by atoms with Crippen molar-refractivity contribution in [2.75, 3.05) is 20.8 Å². The van der Waals surface area contributed by atoms with Gasteiger partial charge in [0.1, 0.15) is 0 Å². The largest absolute Gasteiger partial charge is 0.493 e. The van der Waals surface area contributed by atoms with Crippen LogP contribution in [0.25, 0.3) is 0 Å². The molecule has 0 fully saturated rings. The number of amides is 1. The van der Waals surface area contributed by atoms with Crippen molar-refractivity contribution in [2.24, 2.45) is 0 Å². The summed E-state index contributed by atoms with van der Waals surface area (Å²) < 4.78 is 11.8. The van der Waals surface area contributed by atoms with Crippen LogP contribution in [0.2, 0.25) is 0 Å². The van der Waals surface area contributed by atoms with Gasteiger partial charge in [0.2, 0.25) is 6.41 Å². The maximum Gasteiger partial charge on any atom is 0.210 e. The summed E-state index contributed by atoms with van der Waals surface area (Å²) in [6.07, 6.45) is 1.72. The van der Waals surface area contributed by atoms with Gasteiger partial charge in [-0.05, 0) is 41.3 Å². The van der Waals surface area contributed by atoms with Crippen LogP contribution in [0.4, 0.5) is 0 Å². The number of ether oxygens (including phenoxy) is 2. The molecule has 4 nitrogen and oxygen atoms in total. The molecular weight excluding hydrogens is 358 g/mol. The predicted octanol–water partition coefficient (Wildman–Crippen LogP) is 3.57. The number of nitrogens with zero attached hydrogens (tertiary/aromatic N) is 1. The number of carbonyl (C=O) groups excluding carboxylic acids is 1. The van der Waals surface area contributed by atoms with Gasteiger partial charge in [-0.2, -0.15) is 0 Å². The van der Waals surface area contributed by atoms with Crippen molar-refractivity contribution in [3.63, 3.8) is 0 Å². The van der Waals surface area contributed by atoms with Crippen molar-refractivity contribution in [3.8, 4) is 11.5 Å². The Morgan fingerprint density at radius 1 is 1.13 bits per heavy atom. The van der Waals surface area contributed by atoms with Crippen LogP contribution in [0.1, 0.15) is 22.7 Å². The normalized spacial score (nSPS) is 16.7. The van der Waals surface area contributed by atoms with E-state index in [2.05, 4.69) is 15.9 Å². The Balaban J connectivity index is 2.19. The van der Waals surface area contributed by atoms with E-state index in [0.29, 0.717) is 12.3 Å². The second-order valence-electron chi connectivity index (χ2n) is 5.42. The average molecular weight is 376 g/mol. The lowest BCUT2D eigenvalue weighted by Crippen LogP contribution is -2.35. The molecular formula is C18H18BrNO3. The minimum Gasteiger partial charge on any atom is -0.493 e. The number of carbonyl (C=O) groups is 1. The zero-order chi connectivity index (χ0) is 16.4. The molecule has 0 aromatic heterocycles. The fourth-order valence-electron chi connectivity index (χ4n) is 3.12. The quantitative estimate of drug-likeness (QED) is 0.766. The first kappa shape index (κ1) is 15.9. The third-order valence-corrected chi connectivity index (χ3v) is 4.97. The summed E-state index contributed by atoms with van der Waals surface area (Å²) in [6, 6.07) is 11.8. The second-order valence-corrected chi connectivity index (χ2v) is 6.28. The van der Waals surface area contributed by atoms with E-state index in [9.17, 15) is 4.79 Å². The van der Waals surface area contributed by atoms with E-state index in [-0.39, 0.29) is 6.04 Å². The molecule has 0 spiro atoms. The molecule has 2 aromatic carbocycles. The highest BCUT2D eigenvalue weighted by molar-refractivity contribution is 9.10. The molecule has 3 rings (SSSR count). The molecule has 1 amide bonds. The molecule has 23 heavy (non-hydrogen) atoms. The number of benzene rings is 2. The van der Waals surface area contributed by atoms with Crippen LogP contribution in [0, 0.1) is 0 Å². The molecule has 1 aliphatic heterocycles. The molecule has 0 radical (unpaired) electrons. The Hall–Kier alpha value is -2.01. The average Bonchev–Trinajstić information content (AvgIpc) is 2.60. The van der Waals surface area contributed by atoms with Crippen LogP contribution in [0.5, 0.6) is 11.5 Å². The number of rotatable bonds is 4. The minimum absolute atomic E-state index is 0.133. The van der Waals surface area contributed by atoms with E-state index in [1.165, 1.54) is 5.56 Å². The third-order valence-electron chi connectivity index (χ3n) is 4.25. The fraction of sp³-hybridized carbons (Fsp3) is 0.278. The third kappa shape index (κ3) is 2.81. The molecule has 0 saturated heterocycles. The number of methoxy groups -OCH3 is 2. The molecule has 5 heteroatoms. The van der Waals surface area contributed by atoms with Crippen LogP contribution >= 0.6 is 15.9 Å². The zero-order valence-corrected chi connectivity index (χ0v) is 14.7. The first-order chi connectivity index (χ1) is 11.2. The van der Waals surface area contributed by atoms with E-state index in [4.69, 9.17) is 9.47 Å². The summed E-state index contributed by atoms with van der Waals surface area (Å²) in [5.74, 6) is 1.40. The Bertz CT molecular complexity index is 732. The number of hydrogen-bond donors (Lipinski definition) is 0. The van der Waals surface area contributed by atoms with Crippen LogP contribution in [0.3, 0.4) is 0 Å². The molecule has 0 aliphatic carbocycles. The van der Waals surface area contributed by atoms with Crippen LogP contribution in [0.15, 0.2) is 40.9 Å². The topological polar surface area (TPSA) is 38.8 Å². The molecule has 0 saturated carbocycles. The van der Waals surface area contributed by atoms with Gasteiger partial charge in [-0.3, -0.25) is 4.79 Å². The second kappa shape index (κ2) is 6.62. The first-order valence-corrected chi connectivity index (χ1v) is 8.19. The molecule has 1 atom stereocenters. The summed E-state index contributed by atoms with van der Waals surface area (Å²) in [7, 11) is 3.26. The van der Waals surface area contributed by atoms with Crippen LogP contribution < -0.4 is 9.47 Å². The molecule has 2 aromatic rings. The zero-order valence-electron chi connectivity index (χ0n) is 13.1. The monoisotopic (exact) mass is 375 g/mol. The van der Waals surface area contributed by atoms with E-state index < -0.39 is 0 Å².